The molecule has 0 heterocycles. The average Bonchev–Trinajstić information content (AvgIpc) is 3.04. The zero-order chi connectivity index (χ0) is 13.1. The molecule has 3 rings (SSSR count). The van der Waals surface area contributed by atoms with Crippen molar-refractivity contribution in [1.29, 1.82) is 0 Å². The second-order valence-electron chi connectivity index (χ2n) is 6.64. The third-order valence-electron chi connectivity index (χ3n) is 5.17. The van der Waals surface area contributed by atoms with Crippen LogP contribution in [0, 0.1) is 17.8 Å². The van der Waals surface area contributed by atoms with Gasteiger partial charge < -0.3 is 4.74 Å². The van der Waals surface area contributed by atoms with Crippen molar-refractivity contribution in [2.24, 2.45) is 17.8 Å². The standard InChI is InChI=1S/C17H26O2/c18-17(16-12-13-9-10-14(16)11-13)19-15-7-5-3-1-2-4-6-8-15/h9-10,13-16H,1-8,11-12H2. The summed E-state index contributed by atoms with van der Waals surface area (Å²) in [5.74, 6) is 1.40. The van der Waals surface area contributed by atoms with Gasteiger partial charge in [-0.25, -0.2) is 0 Å². The first kappa shape index (κ1) is 13.2. The molecular formula is C17H26O2. The van der Waals surface area contributed by atoms with Crippen LogP contribution in [0.3, 0.4) is 0 Å². The van der Waals surface area contributed by atoms with E-state index in [2.05, 4.69) is 12.2 Å². The SMILES string of the molecule is O=C(OC1CCCCCCCC1)C1CC2C=CC1C2. The van der Waals surface area contributed by atoms with Gasteiger partial charge in [-0.05, 0) is 50.4 Å². The fourth-order valence-corrected chi connectivity index (χ4v) is 4.02. The minimum atomic E-state index is 0.0982. The lowest BCUT2D eigenvalue weighted by atomic mass is 9.93. The van der Waals surface area contributed by atoms with E-state index in [1.165, 1.54) is 44.9 Å². The van der Waals surface area contributed by atoms with Gasteiger partial charge in [0.1, 0.15) is 6.10 Å². The van der Waals surface area contributed by atoms with Crippen molar-refractivity contribution in [3.8, 4) is 0 Å². The first-order chi connectivity index (χ1) is 9.33. The number of carbonyl (C=O) groups is 1. The van der Waals surface area contributed by atoms with Gasteiger partial charge in [0, 0.05) is 0 Å². The van der Waals surface area contributed by atoms with Crippen molar-refractivity contribution in [3.63, 3.8) is 0 Å². The fourth-order valence-electron chi connectivity index (χ4n) is 4.02. The molecule has 0 radical (unpaired) electrons. The van der Waals surface area contributed by atoms with Crippen molar-refractivity contribution in [2.75, 3.05) is 0 Å². The van der Waals surface area contributed by atoms with Gasteiger partial charge in [0.25, 0.3) is 0 Å². The molecular weight excluding hydrogens is 236 g/mol. The van der Waals surface area contributed by atoms with Gasteiger partial charge in [0.15, 0.2) is 0 Å². The van der Waals surface area contributed by atoms with E-state index in [1.807, 2.05) is 0 Å². The van der Waals surface area contributed by atoms with Gasteiger partial charge in [-0.2, -0.15) is 0 Å². The van der Waals surface area contributed by atoms with Crippen LogP contribution in [0.25, 0.3) is 0 Å². The summed E-state index contributed by atoms with van der Waals surface area (Å²) >= 11 is 0. The molecule has 106 valence electrons. The Balaban J connectivity index is 1.51. The number of hydrogen-bond acceptors (Lipinski definition) is 2. The van der Waals surface area contributed by atoms with Crippen LogP contribution in [0.5, 0.6) is 0 Å². The first-order valence-electron chi connectivity index (χ1n) is 8.22. The summed E-state index contributed by atoms with van der Waals surface area (Å²) in [6.45, 7) is 0. The Kier molecular flexibility index (Phi) is 4.24. The molecule has 0 saturated heterocycles. The topological polar surface area (TPSA) is 26.3 Å². The van der Waals surface area contributed by atoms with Crippen LogP contribution >= 0.6 is 0 Å². The molecule has 19 heavy (non-hydrogen) atoms. The van der Waals surface area contributed by atoms with E-state index < -0.39 is 0 Å². The van der Waals surface area contributed by atoms with Crippen molar-refractivity contribution in [3.05, 3.63) is 12.2 Å². The summed E-state index contributed by atoms with van der Waals surface area (Å²) in [7, 11) is 0. The molecule has 0 N–H and O–H groups in total. The van der Waals surface area contributed by atoms with E-state index >= 15 is 0 Å². The highest BCUT2D eigenvalue weighted by Crippen LogP contribution is 2.44. The van der Waals surface area contributed by atoms with E-state index in [4.69, 9.17) is 4.74 Å². The zero-order valence-corrected chi connectivity index (χ0v) is 11.9. The number of ether oxygens (including phenoxy) is 1. The van der Waals surface area contributed by atoms with Crippen LogP contribution in [-0.2, 0) is 9.53 Å². The van der Waals surface area contributed by atoms with Gasteiger partial charge in [-0.1, -0.05) is 37.8 Å². The number of esters is 1. The molecule has 3 unspecified atom stereocenters. The largest absolute Gasteiger partial charge is 0.462 e. The summed E-state index contributed by atoms with van der Waals surface area (Å²) in [5, 5.41) is 0. The van der Waals surface area contributed by atoms with E-state index in [9.17, 15) is 4.79 Å². The lowest BCUT2D eigenvalue weighted by Crippen LogP contribution is -2.26. The summed E-state index contributed by atoms with van der Waals surface area (Å²) < 4.78 is 5.85. The number of carbonyl (C=O) groups excluding carboxylic acids is 1. The third kappa shape index (κ3) is 3.21. The molecule has 0 amide bonds. The molecule has 2 heteroatoms. The molecule has 2 fully saturated rings. The lowest BCUT2D eigenvalue weighted by molar-refractivity contribution is -0.155. The molecule has 0 aromatic rings. The number of fused-ring (bicyclic) bond motifs is 2. The fraction of sp³-hybridized carbons (Fsp3) is 0.824. The monoisotopic (exact) mass is 262 g/mol. The minimum absolute atomic E-state index is 0.0982. The summed E-state index contributed by atoms with van der Waals surface area (Å²) in [6, 6.07) is 0. The van der Waals surface area contributed by atoms with Crippen LogP contribution in [-0.4, -0.2) is 12.1 Å². The Labute approximate surface area is 116 Å². The summed E-state index contributed by atoms with van der Waals surface area (Å²) in [5.41, 5.74) is 0. The molecule has 3 atom stereocenters. The minimum Gasteiger partial charge on any atom is -0.462 e. The Bertz CT molecular complexity index is 337. The summed E-state index contributed by atoms with van der Waals surface area (Å²) in [4.78, 5) is 12.3. The Morgan fingerprint density at radius 2 is 1.58 bits per heavy atom. The second kappa shape index (κ2) is 6.11. The maximum absolute atomic E-state index is 12.3. The quantitative estimate of drug-likeness (QED) is 0.549. The predicted molar refractivity (Wildman–Crippen MR) is 75.7 cm³/mol. The maximum atomic E-state index is 12.3. The van der Waals surface area contributed by atoms with Gasteiger partial charge in [-0.15, -0.1) is 0 Å². The molecule has 0 aliphatic heterocycles. The van der Waals surface area contributed by atoms with Crippen molar-refractivity contribution in [2.45, 2.75) is 70.3 Å². The van der Waals surface area contributed by atoms with Crippen LogP contribution in [0.4, 0.5) is 0 Å². The highest BCUT2D eigenvalue weighted by atomic mass is 16.5. The summed E-state index contributed by atoms with van der Waals surface area (Å²) in [6.07, 6.45) is 16.9. The van der Waals surface area contributed by atoms with Crippen LogP contribution < -0.4 is 0 Å². The highest BCUT2D eigenvalue weighted by Gasteiger charge is 2.41. The number of rotatable bonds is 2. The molecule has 2 saturated carbocycles. The van der Waals surface area contributed by atoms with E-state index in [0.29, 0.717) is 11.8 Å². The maximum Gasteiger partial charge on any atom is 0.309 e. The third-order valence-corrected chi connectivity index (χ3v) is 5.17. The smallest absolute Gasteiger partial charge is 0.309 e. The normalized spacial score (nSPS) is 35.7. The van der Waals surface area contributed by atoms with Crippen molar-refractivity contribution in [1.82, 2.24) is 0 Å². The van der Waals surface area contributed by atoms with Gasteiger partial charge in [-0.3, -0.25) is 4.79 Å². The zero-order valence-electron chi connectivity index (χ0n) is 11.9. The van der Waals surface area contributed by atoms with Gasteiger partial charge in [0.05, 0.1) is 5.92 Å². The Morgan fingerprint density at radius 3 is 2.16 bits per heavy atom. The molecule has 2 nitrogen and oxygen atoms in total. The predicted octanol–water partition coefficient (Wildman–Crippen LogP) is 4.24. The van der Waals surface area contributed by atoms with Gasteiger partial charge in [0.2, 0.25) is 0 Å². The van der Waals surface area contributed by atoms with E-state index in [0.717, 1.165) is 19.3 Å². The molecule has 0 aromatic carbocycles. The number of allylic oxidation sites excluding steroid dienone is 2. The van der Waals surface area contributed by atoms with Gasteiger partial charge >= 0.3 is 5.97 Å². The molecule has 0 aromatic heterocycles. The first-order valence-corrected chi connectivity index (χ1v) is 8.22. The van der Waals surface area contributed by atoms with Crippen LogP contribution in [0.1, 0.15) is 64.2 Å². The van der Waals surface area contributed by atoms with Crippen molar-refractivity contribution >= 4 is 5.97 Å². The molecule has 0 spiro atoms. The Morgan fingerprint density at radius 1 is 0.895 bits per heavy atom. The van der Waals surface area contributed by atoms with Crippen LogP contribution in [0.2, 0.25) is 0 Å². The lowest BCUT2D eigenvalue weighted by Gasteiger charge is -2.22. The van der Waals surface area contributed by atoms with E-state index in [1.54, 1.807) is 0 Å². The number of hydrogen-bond donors (Lipinski definition) is 0. The second-order valence-corrected chi connectivity index (χ2v) is 6.64. The Hall–Kier alpha value is -0.790. The highest BCUT2D eigenvalue weighted by molar-refractivity contribution is 5.74. The molecule has 3 aliphatic rings. The van der Waals surface area contributed by atoms with Crippen LogP contribution in [0.15, 0.2) is 12.2 Å². The average molecular weight is 262 g/mol. The van der Waals surface area contributed by atoms with Crippen molar-refractivity contribution < 1.29 is 9.53 Å². The van der Waals surface area contributed by atoms with E-state index in [-0.39, 0.29) is 18.0 Å². The molecule has 3 aliphatic carbocycles. The molecule has 2 bridgehead atoms.